The lowest BCUT2D eigenvalue weighted by Gasteiger charge is -2.31. The summed E-state index contributed by atoms with van der Waals surface area (Å²) in [6.07, 6.45) is 4.50. The number of carboxylic acids is 1. The number of unbranched alkanes of at least 4 members (excludes halogenated alkanes) is 1. The number of carboxylic acid groups (broad SMARTS) is 1. The Labute approximate surface area is 232 Å². The highest BCUT2D eigenvalue weighted by Gasteiger charge is 2.48. The average molecular weight is 543 g/mol. The molecule has 2 saturated heterocycles. The Balaban J connectivity index is 1.58. The van der Waals surface area contributed by atoms with Crippen molar-refractivity contribution >= 4 is 17.8 Å². The normalized spacial score (nSPS) is 24.2. The molecule has 0 bridgehead atoms. The minimum Gasteiger partial charge on any atom is -0.493 e. The second kappa shape index (κ2) is 12.7. The number of fused-ring (bicyclic) bond motifs is 1. The number of benzene rings is 1. The second-order valence-electron chi connectivity index (χ2n) is 12.3. The SMILES string of the molecule is CCCCN(CCCN)C(=O)CN1C[C@H](c2ccc3c(c2)CCO3)C(C(=O)O)[C@@H]1CCN1CC(C)(C)CC1=O. The van der Waals surface area contributed by atoms with Gasteiger partial charge in [-0.25, -0.2) is 0 Å². The van der Waals surface area contributed by atoms with Crippen LogP contribution in [-0.4, -0.2) is 96.1 Å². The maximum atomic E-state index is 13.5. The summed E-state index contributed by atoms with van der Waals surface area (Å²) in [7, 11) is 0. The first kappa shape index (κ1) is 29.3. The van der Waals surface area contributed by atoms with Gasteiger partial charge in [-0.05, 0) is 48.4 Å². The summed E-state index contributed by atoms with van der Waals surface area (Å²) >= 11 is 0. The van der Waals surface area contributed by atoms with Crippen molar-refractivity contribution < 1.29 is 24.2 Å². The van der Waals surface area contributed by atoms with Crippen LogP contribution in [0.3, 0.4) is 0 Å². The van der Waals surface area contributed by atoms with Crippen molar-refractivity contribution in [3.05, 3.63) is 29.3 Å². The number of amides is 2. The van der Waals surface area contributed by atoms with Gasteiger partial charge in [0, 0.05) is 57.5 Å². The maximum absolute atomic E-state index is 13.5. The van der Waals surface area contributed by atoms with Gasteiger partial charge in [0.2, 0.25) is 11.8 Å². The molecule has 3 aliphatic rings. The molecular formula is C30H46N4O5. The zero-order valence-electron chi connectivity index (χ0n) is 23.9. The van der Waals surface area contributed by atoms with E-state index in [1.165, 1.54) is 0 Å². The van der Waals surface area contributed by atoms with Gasteiger partial charge in [-0.1, -0.05) is 39.3 Å². The number of nitrogens with two attached hydrogens (primary N) is 1. The summed E-state index contributed by atoms with van der Waals surface area (Å²) in [6.45, 7) is 10.6. The smallest absolute Gasteiger partial charge is 0.308 e. The van der Waals surface area contributed by atoms with Gasteiger partial charge in [-0.15, -0.1) is 0 Å². The molecule has 4 rings (SSSR count). The molecule has 3 N–H and O–H groups in total. The molecule has 0 radical (unpaired) electrons. The zero-order valence-corrected chi connectivity index (χ0v) is 23.9. The van der Waals surface area contributed by atoms with E-state index in [2.05, 4.69) is 31.7 Å². The Hall–Kier alpha value is -2.65. The Morgan fingerprint density at radius 3 is 2.67 bits per heavy atom. The summed E-state index contributed by atoms with van der Waals surface area (Å²) in [5, 5.41) is 10.5. The summed E-state index contributed by atoms with van der Waals surface area (Å²) in [4.78, 5) is 44.8. The predicted molar refractivity (Wildman–Crippen MR) is 150 cm³/mol. The Morgan fingerprint density at radius 2 is 2.00 bits per heavy atom. The van der Waals surface area contributed by atoms with Crippen LogP contribution in [-0.2, 0) is 20.8 Å². The van der Waals surface area contributed by atoms with Crippen LogP contribution in [0.2, 0.25) is 0 Å². The van der Waals surface area contributed by atoms with E-state index in [0.29, 0.717) is 58.7 Å². The molecule has 39 heavy (non-hydrogen) atoms. The van der Waals surface area contributed by atoms with E-state index >= 15 is 0 Å². The molecular weight excluding hydrogens is 496 g/mol. The van der Waals surface area contributed by atoms with Crippen molar-refractivity contribution in [1.82, 2.24) is 14.7 Å². The Bertz CT molecular complexity index is 1040. The Morgan fingerprint density at radius 1 is 1.23 bits per heavy atom. The van der Waals surface area contributed by atoms with Crippen LogP contribution in [0.1, 0.15) is 69.9 Å². The highest BCUT2D eigenvalue weighted by atomic mass is 16.5. The number of nitrogens with zero attached hydrogens (tertiary/aromatic N) is 3. The highest BCUT2D eigenvalue weighted by molar-refractivity contribution is 5.80. The van der Waals surface area contributed by atoms with Crippen molar-refractivity contribution in [2.45, 2.75) is 71.3 Å². The summed E-state index contributed by atoms with van der Waals surface area (Å²) < 4.78 is 5.68. The number of likely N-dealkylation sites (tertiary alicyclic amines) is 2. The zero-order chi connectivity index (χ0) is 28.2. The molecule has 9 heteroatoms. The summed E-state index contributed by atoms with van der Waals surface area (Å²) in [5.74, 6) is -0.755. The van der Waals surface area contributed by atoms with Crippen LogP contribution < -0.4 is 10.5 Å². The second-order valence-corrected chi connectivity index (χ2v) is 12.3. The maximum Gasteiger partial charge on any atom is 0.308 e. The van der Waals surface area contributed by atoms with Gasteiger partial charge in [-0.3, -0.25) is 19.3 Å². The molecule has 1 aromatic carbocycles. The molecule has 1 aromatic rings. The van der Waals surface area contributed by atoms with Crippen molar-refractivity contribution in [3.8, 4) is 5.75 Å². The molecule has 0 aromatic heterocycles. The van der Waals surface area contributed by atoms with Crippen LogP contribution in [0.4, 0.5) is 0 Å². The number of rotatable bonds is 13. The molecule has 216 valence electrons. The number of hydrogen-bond acceptors (Lipinski definition) is 6. The van der Waals surface area contributed by atoms with E-state index in [9.17, 15) is 19.5 Å². The fourth-order valence-corrected chi connectivity index (χ4v) is 6.57. The number of ether oxygens (including phenoxy) is 1. The van der Waals surface area contributed by atoms with Gasteiger partial charge in [0.25, 0.3) is 0 Å². The van der Waals surface area contributed by atoms with E-state index in [1.807, 2.05) is 21.9 Å². The first-order valence-corrected chi connectivity index (χ1v) is 14.6. The molecule has 3 aliphatic heterocycles. The van der Waals surface area contributed by atoms with Crippen LogP contribution in [0.5, 0.6) is 5.75 Å². The lowest BCUT2D eigenvalue weighted by Crippen LogP contribution is -2.46. The first-order valence-electron chi connectivity index (χ1n) is 14.6. The van der Waals surface area contributed by atoms with Gasteiger partial charge in [0.05, 0.1) is 19.1 Å². The summed E-state index contributed by atoms with van der Waals surface area (Å²) in [6, 6.07) is 5.67. The average Bonchev–Trinajstić information content (AvgIpc) is 3.56. The topological polar surface area (TPSA) is 116 Å². The molecule has 3 heterocycles. The van der Waals surface area contributed by atoms with Crippen molar-refractivity contribution in [3.63, 3.8) is 0 Å². The van der Waals surface area contributed by atoms with Crippen LogP contribution in [0, 0.1) is 11.3 Å². The molecule has 1 unspecified atom stereocenters. The highest BCUT2D eigenvalue weighted by Crippen LogP contribution is 2.41. The van der Waals surface area contributed by atoms with Crippen molar-refractivity contribution in [2.24, 2.45) is 17.1 Å². The molecule has 3 atom stereocenters. The van der Waals surface area contributed by atoms with E-state index in [1.54, 1.807) is 0 Å². The van der Waals surface area contributed by atoms with Gasteiger partial charge >= 0.3 is 5.97 Å². The largest absolute Gasteiger partial charge is 0.493 e. The summed E-state index contributed by atoms with van der Waals surface area (Å²) in [5.41, 5.74) is 7.76. The third kappa shape index (κ3) is 6.92. The van der Waals surface area contributed by atoms with Gasteiger partial charge in [-0.2, -0.15) is 0 Å². The fraction of sp³-hybridized carbons (Fsp3) is 0.700. The number of aliphatic carboxylic acids is 1. The van der Waals surface area contributed by atoms with Crippen molar-refractivity contribution in [2.75, 3.05) is 52.4 Å². The van der Waals surface area contributed by atoms with Gasteiger partial charge in [0.1, 0.15) is 5.75 Å². The number of carbonyl (C=O) groups is 3. The van der Waals surface area contributed by atoms with Crippen LogP contribution in [0.25, 0.3) is 0 Å². The predicted octanol–water partition coefficient (Wildman–Crippen LogP) is 2.72. The quantitative estimate of drug-likeness (QED) is 0.394. The Kier molecular flexibility index (Phi) is 9.54. The molecule has 0 aliphatic carbocycles. The third-order valence-corrected chi connectivity index (χ3v) is 8.58. The lowest BCUT2D eigenvalue weighted by molar-refractivity contribution is -0.144. The minimum atomic E-state index is -0.851. The molecule has 2 amide bonds. The number of hydrogen-bond donors (Lipinski definition) is 2. The van der Waals surface area contributed by atoms with Crippen LogP contribution >= 0.6 is 0 Å². The van der Waals surface area contributed by atoms with E-state index in [0.717, 1.165) is 42.6 Å². The monoisotopic (exact) mass is 542 g/mol. The minimum absolute atomic E-state index is 0.0208. The van der Waals surface area contributed by atoms with E-state index in [-0.39, 0.29) is 35.7 Å². The van der Waals surface area contributed by atoms with Gasteiger partial charge in [0.15, 0.2) is 0 Å². The van der Waals surface area contributed by atoms with Gasteiger partial charge < -0.3 is 25.4 Å². The first-order chi connectivity index (χ1) is 18.6. The third-order valence-electron chi connectivity index (χ3n) is 8.58. The van der Waals surface area contributed by atoms with E-state index in [4.69, 9.17) is 10.5 Å². The molecule has 2 fully saturated rings. The van der Waals surface area contributed by atoms with Crippen LogP contribution in [0.15, 0.2) is 18.2 Å². The lowest BCUT2D eigenvalue weighted by atomic mass is 9.83. The molecule has 0 saturated carbocycles. The van der Waals surface area contributed by atoms with E-state index < -0.39 is 11.9 Å². The molecule has 0 spiro atoms. The van der Waals surface area contributed by atoms with Crippen molar-refractivity contribution in [1.29, 1.82) is 0 Å². The fourth-order valence-electron chi connectivity index (χ4n) is 6.57. The number of carbonyl (C=O) groups excluding carboxylic acids is 2. The molecule has 9 nitrogen and oxygen atoms in total. The standard InChI is InChI=1S/C30H46N4O5/c1-4-5-12-32(13-6-11-31)27(36)19-34-18-23(21-7-8-25-22(16-21)10-15-39-25)28(29(37)38)24(34)9-14-33-20-30(2,3)17-26(33)35/h7-8,16,23-24,28H,4-6,9-15,17-20,31H2,1-3H3,(H,37,38)/t23-,24+,28?/m1/s1.